The molecule has 0 spiro atoms. The van der Waals surface area contributed by atoms with Crippen LogP contribution in [0.3, 0.4) is 0 Å². The highest BCUT2D eigenvalue weighted by Gasteiger charge is 2.35. The number of benzene rings is 1. The van der Waals surface area contributed by atoms with Crippen LogP contribution >= 0.6 is 0 Å². The van der Waals surface area contributed by atoms with Gasteiger partial charge in [-0.05, 0) is 49.8 Å². The lowest BCUT2D eigenvalue weighted by atomic mass is 9.90. The molecule has 9 nitrogen and oxygen atoms in total. The van der Waals surface area contributed by atoms with Crippen molar-refractivity contribution in [2.24, 2.45) is 0 Å². The number of amides is 1. The molecule has 0 atom stereocenters. The molecule has 2 heterocycles. The van der Waals surface area contributed by atoms with Crippen molar-refractivity contribution in [2.75, 3.05) is 13.2 Å². The molecular weight excluding hydrogens is 471 g/mol. The maximum atomic E-state index is 13.3. The highest BCUT2D eigenvalue weighted by atomic mass is 19.4. The summed E-state index contributed by atoms with van der Waals surface area (Å²) in [7, 11) is 0. The number of halogens is 3. The maximum Gasteiger partial charge on any atom is 0.416 e. The minimum absolute atomic E-state index is 0.0606. The Morgan fingerprint density at radius 3 is 2.34 bits per heavy atom. The first-order valence-electron chi connectivity index (χ1n) is 11.2. The van der Waals surface area contributed by atoms with Crippen LogP contribution in [0, 0.1) is 6.92 Å². The number of carbonyl (C=O) groups excluding carboxylic acids is 1. The monoisotopic (exact) mass is 495 g/mol. The van der Waals surface area contributed by atoms with Crippen LogP contribution in [-0.2, 0) is 17.5 Å². The molecule has 0 radical (unpaired) electrons. The van der Waals surface area contributed by atoms with Gasteiger partial charge in [-0.3, -0.25) is 13.9 Å². The fourth-order valence-corrected chi connectivity index (χ4v) is 4.89. The molecule has 2 aliphatic rings. The number of carbonyl (C=O) groups is 2. The van der Waals surface area contributed by atoms with Crippen molar-refractivity contribution in [3.63, 3.8) is 0 Å². The molecule has 1 aromatic heterocycles. The summed E-state index contributed by atoms with van der Waals surface area (Å²) in [5.74, 6) is -1.54. The number of carboxylic acid groups (broad SMARTS) is 1. The zero-order valence-electron chi connectivity index (χ0n) is 18.9. The van der Waals surface area contributed by atoms with Gasteiger partial charge < -0.3 is 14.7 Å². The number of alkyl halides is 3. The molecule has 0 bridgehead atoms. The summed E-state index contributed by atoms with van der Waals surface area (Å²) in [6.07, 6.45) is -1.97. The number of cyclic esters (lactones) is 1. The molecule has 1 saturated carbocycles. The van der Waals surface area contributed by atoms with E-state index in [2.05, 4.69) is 0 Å². The number of carboxylic acids is 1. The first-order chi connectivity index (χ1) is 16.5. The zero-order chi connectivity index (χ0) is 25.5. The number of aromatic nitrogens is 2. The van der Waals surface area contributed by atoms with Crippen LogP contribution < -0.4 is 11.2 Å². The van der Waals surface area contributed by atoms with E-state index in [1.165, 1.54) is 23.6 Å². The molecule has 0 unspecified atom stereocenters. The van der Waals surface area contributed by atoms with Crippen LogP contribution in [0.5, 0.6) is 0 Å². The summed E-state index contributed by atoms with van der Waals surface area (Å²) in [4.78, 5) is 51.3. The second-order valence-corrected chi connectivity index (χ2v) is 8.79. The highest BCUT2D eigenvalue weighted by molar-refractivity contribution is 5.86. The highest BCUT2D eigenvalue weighted by Crippen LogP contribution is 2.33. The minimum atomic E-state index is -4.62. The molecule has 188 valence electrons. The van der Waals surface area contributed by atoms with Crippen molar-refractivity contribution in [1.82, 2.24) is 14.0 Å². The van der Waals surface area contributed by atoms with Crippen molar-refractivity contribution in [2.45, 2.75) is 57.4 Å². The van der Waals surface area contributed by atoms with Crippen LogP contribution in [0.1, 0.15) is 58.8 Å². The smallest absolute Gasteiger partial charge is 0.416 e. The van der Waals surface area contributed by atoms with Crippen molar-refractivity contribution in [1.29, 1.82) is 0 Å². The summed E-state index contributed by atoms with van der Waals surface area (Å²) in [5.41, 5.74) is -3.46. The Labute approximate surface area is 197 Å². The van der Waals surface area contributed by atoms with Crippen LogP contribution in [0.25, 0.3) is 0 Å². The standard InChI is InChI=1S/C23H24F3N3O6/c1-13-14(3-2-4-18(13)23(24,25)26)11-29-19(30)17(20(31)32)12-28(21(29)33)16-7-5-15(6-8-16)27-9-10-35-22(27)34/h2-4,12,15-16H,5-11H2,1H3,(H,31,32)/t15-,16-. The second kappa shape index (κ2) is 9.23. The Morgan fingerprint density at radius 1 is 1.11 bits per heavy atom. The molecule has 1 N–H and O–H groups in total. The maximum absolute atomic E-state index is 13.3. The van der Waals surface area contributed by atoms with E-state index in [4.69, 9.17) is 4.74 Å². The lowest BCUT2D eigenvalue weighted by Crippen LogP contribution is -2.45. The van der Waals surface area contributed by atoms with Gasteiger partial charge in [0.25, 0.3) is 5.56 Å². The average molecular weight is 495 g/mol. The van der Waals surface area contributed by atoms with E-state index in [1.54, 1.807) is 4.90 Å². The van der Waals surface area contributed by atoms with Gasteiger partial charge in [0.1, 0.15) is 12.2 Å². The Balaban J connectivity index is 1.68. The summed E-state index contributed by atoms with van der Waals surface area (Å²) >= 11 is 0. The Bertz CT molecular complexity index is 1270. The lowest BCUT2D eigenvalue weighted by molar-refractivity contribution is -0.138. The van der Waals surface area contributed by atoms with Crippen LogP contribution in [-0.4, -0.2) is 50.4 Å². The molecule has 2 aromatic rings. The summed E-state index contributed by atoms with van der Waals surface area (Å²) in [6.45, 7) is 1.55. The van der Waals surface area contributed by atoms with Gasteiger partial charge in [-0.15, -0.1) is 0 Å². The third kappa shape index (κ3) is 4.69. The molecule has 12 heteroatoms. The van der Waals surface area contributed by atoms with Gasteiger partial charge in [-0.1, -0.05) is 12.1 Å². The number of ether oxygens (including phenoxy) is 1. The Morgan fingerprint density at radius 2 is 1.77 bits per heavy atom. The van der Waals surface area contributed by atoms with Gasteiger partial charge in [0, 0.05) is 18.3 Å². The van der Waals surface area contributed by atoms with E-state index in [9.17, 15) is 37.5 Å². The van der Waals surface area contributed by atoms with Gasteiger partial charge in [0.05, 0.1) is 18.7 Å². The van der Waals surface area contributed by atoms with Gasteiger partial charge in [-0.2, -0.15) is 13.2 Å². The van der Waals surface area contributed by atoms with Gasteiger partial charge in [0.15, 0.2) is 0 Å². The SMILES string of the molecule is Cc1c(Cn2c(=O)c(C(=O)O)cn([C@H]3CC[C@H](N4CCOC4=O)CC3)c2=O)cccc1C(F)(F)F. The van der Waals surface area contributed by atoms with Gasteiger partial charge >= 0.3 is 23.9 Å². The quantitative estimate of drug-likeness (QED) is 0.683. The van der Waals surface area contributed by atoms with E-state index in [0.717, 1.165) is 12.3 Å². The predicted octanol–water partition coefficient (Wildman–Crippen LogP) is 3.02. The summed E-state index contributed by atoms with van der Waals surface area (Å²) in [5, 5.41) is 9.55. The molecule has 1 aromatic carbocycles. The van der Waals surface area contributed by atoms with Crippen molar-refractivity contribution in [3.05, 3.63) is 67.5 Å². The van der Waals surface area contributed by atoms with Crippen LogP contribution in [0.2, 0.25) is 0 Å². The van der Waals surface area contributed by atoms with Crippen molar-refractivity contribution >= 4 is 12.1 Å². The zero-order valence-corrected chi connectivity index (χ0v) is 18.9. The third-order valence-electron chi connectivity index (χ3n) is 6.80. The molecule has 1 aliphatic carbocycles. The first-order valence-corrected chi connectivity index (χ1v) is 11.2. The van der Waals surface area contributed by atoms with Crippen LogP contribution in [0.4, 0.5) is 18.0 Å². The van der Waals surface area contributed by atoms with E-state index in [0.29, 0.717) is 43.4 Å². The van der Waals surface area contributed by atoms with Crippen LogP contribution in [0.15, 0.2) is 34.0 Å². The number of aromatic carboxylic acids is 1. The van der Waals surface area contributed by atoms with Gasteiger partial charge in [-0.25, -0.2) is 14.4 Å². The molecular formula is C23H24F3N3O6. The molecule has 1 saturated heterocycles. The summed E-state index contributed by atoms with van der Waals surface area (Å²) < 4.78 is 46.8. The van der Waals surface area contributed by atoms with Crippen molar-refractivity contribution < 1.29 is 32.6 Å². The number of hydrogen-bond donors (Lipinski definition) is 1. The molecule has 2 fully saturated rings. The van der Waals surface area contributed by atoms with E-state index in [-0.39, 0.29) is 23.3 Å². The predicted molar refractivity (Wildman–Crippen MR) is 117 cm³/mol. The lowest BCUT2D eigenvalue weighted by Gasteiger charge is -2.34. The Kier molecular flexibility index (Phi) is 6.48. The third-order valence-corrected chi connectivity index (χ3v) is 6.80. The molecule has 1 aliphatic heterocycles. The number of nitrogens with zero attached hydrogens (tertiary/aromatic N) is 3. The summed E-state index contributed by atoms with van der Waals surface area (Å²) in [6, 6.07) is 2.97. The minimum Gasteiger partial charge on any atom is -0.477 e. The van der Waals surface area contributed by atoms with E-state index >= 15 is 0 Å². The first kappa shape index (κ1) is 24.6. The average Bonchev–Trinajstić information content (AvgIpc) is 3.22. The van der Waals surface area contributed by atoms with Crippen molar-refractivity contribution in [3.8, 4) is 0 Å². The van der Waals surface area contributed by atoms with E-state index in [1.807, 2.05) is 0 Å². The second-order valence-electron chi connectivity index (χ2n) is 8.79. The fourth-order valence-electron chi connectivity index (χ4n) is 4.89. The largest absolute Gasteiger partial charge is 0.477 e. The topological polar surface area (TPSA) is 111 Å². The molecule has 35 heavy (non-hydrogen) atoms. The van der Waals surface area contributed by atoms with Gasteiger partial charge in [0.2, 0.25) is 0 Å². The number of rotatable bonds is 5. The Hall–Kier alpha value is -3.57. The number of hydrogen-bond acceptors (Lipinski definition) is 5. The normalized spacial score (nSPS) is 20.7. The fraction of sp³-hybridized carbons (Fsp3) is 0.478. The van der Waals surface area contributed by atoms with E-state index < -0.39 is 47.1 Å². The molecule has 1 amide bonds. The molecule has 4 rings (SSSR count).